The fourth-order valence-electron chi connectivity index (χ4n) is 2.88. The van der Waals surface area contributed by atoms with Gasteiger partial charge >= 0.3 is 0 Å². The van der Waals surface area contributed by atoms with Crippen molar-refractivity contribution in [2.45, 2.75) is 19.8 Å². The number of hydrogen-bond donors (Lipinski definition) is 2. The second-order valence-electron chi connectivity index (χ2n) is 6.96. The van der Waals surface area contributed by atoms with Crippen LogP contribution in [0, 0.1) is 0 Å². The van der Waals surface area contributed by atoms with Gasteiger partial charge in [-0.05, 0) is 60.0 Å². The average molecular weight is 388 g/mol. The number of amides is 2. The van der Waals surface area contributed by atoms with Crippen molar-refractivity contribution in [1.29, 1.82) is 0 Å². The van der Waals surface area contributed by atoms with Crippen LogP contribution in [0.5, 0.6) is 5.75 Å². The van der Waals surface area contributed by atoms with Crippen LogP contribution in [0.3, 0.4) is 0 Å². The Labute approximate surface area is 170 Å². The number of anilines is 2. The summed E-state index contributed by atoms with van der Waals surface area (Å²) in [6.45, 7) is 4.21. The molecule has 0 aliphatic carbocycles. The van der Waals surface area contributed by atoms with E-state index >= 15 is 0 Å². The number of carbonyl (C=O) groups excluding carboxylic acids is 2. The topological polar surface area (TPSA) is 67.4 Å². The van der Waals surface area contributed by atoms with Crippen LogP contribution in [0.2, 0.25) is 0 Å². The zero-order chi connectivity index (χ0) is 20.8. The third-order valence-electron chi connectivity index (χ3n) is 4.61. The van der Waals surface area contributed by atoms with Crippen molar-refractivity contribution in [1.82, 2.24) is 0 Å². The van der Waals surface area contributed by atoms with Gasteiger partial charge in [0, 0.05) is 11.3 Å². The van der Waals surface area contributed by atoms with Crippen molar-refractivity contribution in [3.63, 3.8) is 0 Å². The van der Waals surface area contributed by atoms with Crippen LogP contribution in [-0.2, 0) is 0 Å². The molecule has 0 aliphatic heterocycles. The summed E-state index contributed by atoms with van der Waals surface area (Å²) in [5.41, 5.74) is 3.19. The van der Waals surface area contributed by atoms with Gasteiger partial charge < -0.3 is 15.4 Å². The van der Waals surface area contributed by atoms with Crippen molar-refractivity contribution in [2.75, 3.05) is 17.7 Å². The first-order chi connectivity index (χ1) is 14.0. The lowest BCUT2D eigenvalue weighted by Crippen LogP contribution is -2.18. The molecule has 0 bridgehead atoms. The largest absolute Gasteiger partial charge is 0.497 e. The average Bonchev–Trinajstić information content (AvgIpc) is 2.74. The molecular weight excluding hydrogens is 364 g/mol. The molecule has 5 nitrogen and oxygen atoms in total. The van der Waals surface area contributed by atoms with Gasteiger partial charge in [0.05, 0.1) is 18.4 Å². The van der Waals surface area contributed by atoms with E-state index in [-0.39, 0.29) is 11.8 Å². The maximum Gasteiger partial charge on any atom is 0.257 e. The van der Waals surface area contributed by atoms with E-state index in [9.17, 15) is 9.59 Å². The molecule has 29 heavy (non-hydrogen) atoms. The van der Waals surface area contributed by atoms with Crippen LogP contribution >= 0.6 is 0 Å². The first kappa shape index (κ1) is 20.1. The molecule has 0 atom stereocenters. The molecule has 148 valence electrons. The van der Waals surface area contributed by atoms with Gasteiger partial charge in [0.2, 0.25) is 0 Å². The zero-order valence-electron chi connectivity index (χ0n) is 16.7. The lowest BCUT2D eigenvalue weighted by atomic mass is 10.0. The highest BCUT2D eigenvalue weighted by molar-refractivity contribution is 6.12. The number of nitrogens with one attached hydrogen (secondary N) is 2. The molecule has 0 aromatic heterocycles. The summed E-state index contributed by atoms with van der Waals surface area (Å²) in [7, 11) is 1.59. The van der Waals surface area contributed by atoms with Crippen LogP contribution in [0.4, 0.5) is 11.4 Å². The number of methoxy groups -OCH3 is 1. The van der Waals surface area contributed by atoms with Crippen molar-refractivity contribution in [2.24, 2.45) is 0 Å². The van der Waals surface area contributed by atoms with Crippen LogP contribution in [0.15, 0.2) is 72.8 Å². The van der Waals surface area contributed by atoms with E-state index in [2.05, 4.69) is 24.5 Å². The van der Waals surface area contributed by atoms with E-state index in [1.807, 2.05) is 12.1 Å². The highest BCUT2D eigenvalue weighted by Gasteiger charge is 2.14. The van der Waals surface area contributed by atoms with E-state index in [1.165, 1.54) is 5.56 Å². The maximum atomic E-state index is 12.7. The lowest BCUT2D eigenvalue weighted by Gasteiger charge is -2.12. The van der Waals surface area contributed by atoms with Crippen molar-refractivity contribution in [3.05, 3.63) is 89.5 Å². The van der Waals surface area contributed by atoms with Gasteiger partial charge in [-0.2, -0.15) is 0 Å². The number of ether oxygens (including phenoxy) is 1. The van der Waals surface area contributed by atoms with Gasteiger partial charge in [-0.1, -0.05) is 38.1 Å². The molecule has 3 aromatic rings. The van der Waals surface area contributed by atoms with E-state index < -0.39 is 0 Å². The smallest absolute Gasteiger partial charge is 0.257 e. The Balaban J connectivity index is 1.75. The molecule has 2 N–H and O–H groups in total. The summed E-state index contributed by atoms with van der Waals surface area (Å²) in [5, 5.41) is 5.68. The molecule has 0 fully saturated rings. The van der Waals surface area contributed by atoms with E-state index in [0.29, 0.717) is 34.2 Å². The first-order valence-electron chi connectivity index (χ1n) is 9.43. The van der Waals surface area contributed by atoms with Gasteiger partial charge in [0.1, 0.15) is 5.75 Å². The lowest BCUT2D eigenvalue weighted by molar-refractivity contribution is 0.102. The Morgan fingerprint density at radius 1 is 0.793 bits per heavy atom. The molecular formula is C24H24N2O3. The minimum atomic E-state index is -0.304. The molecule has 5 heteroatoms. The van der Waals surface area contributed by atoms with Gasteiger partial charge in [0.15, 0.2) is 0 Å². The Morgan fingerprint density at radius 3 is 2.07 bits per heavy atom. The van der Waals surface area contributed by atoms with Gasteiger partial charge in [-0.15, -0.1) is 0 Å². The first-order valence-corrected chi connectivity index (χ1v) is 9.43. The molecule has 3 rings (SSSR count). The molecule has 0 radical (unpaired) electrons. The fourth-order valence-corrected chi connectivity index (χ4v) is 2.88. The molecule has 0 heterocycles. The van der Waals surface area contributed by atoms with Crippen LogP contribution in [-0.4, -0.2) is 18.9 Å². The van der Waals surface area contributed by atoms with Crippen molar-refractivity contribution < 1.29 is 14.3 Å². The molecule has 3 aromatic carbocycles. The SMILES string of the molecule is COc1ccc(NC(=O)c2ccccc2NC(=O)c2ccc(C(C)C)cc2)cc1. The van der Waals surface area contributed by atoms with Gasteiger partial charge in [-0.25, -0.2) is 0 Å². The number of hydrogen-bond acceptors (Lipinski definition) is 3. The van der Waals surface area contributed by atoms with Crippen LogP contribution in [0.1, 0.15) is 46.0 Å². The normalized spacial score (nSPS) is 10.5. The Bertz CT molecular complexity index is 993. The highest BCUT2D eigenvalue weighted by atomic mass is 16.5. The van der Waals surface area contributed by atoms with E-state index in [4.69, 9.17) is 4.74 Å². The summed E-state index contributed by atoms with van der Waals surface area (Å²) in [6, 6.07) is 21.5. The number of rotatable bonds is 6. The second kappa shape index (κ2) is 9.06. The number of benzene rings is 3. The molecule has 0 aliphatic rings. The number of carbonyl (C=O) groups is 2. The Kier molecular flexibility index (Phi) is 6.29. The number of para-hydroxylation sites is 1. The standard InChI is InChI=1S/C24H24N2O3/c1-16(2)17-8-10-18(11-9-17)23(27)26-22-7-5-4-6-21(22)24(28)25-19-12-14-20(29-3)15-13-19/h4-16H,1-3H3,(H,25,28)(H,26,27). The van der Waals surface area contributed by atoms with Crippen molar-refractivity contribution in [3.8, 4) is 5.75 Å². The molecule has 0 unspecified atom stereocenters. The van der Waals surface area contributed by atoms with Crippen molar-refractivity contribution >= 4 is 23.2 Å². The summed E-state index contributed by atoms with van der Waals surface area (Å²) >= 11 is 0. The summed E-state index contributed by atoms with van der Waals surface area (Å²) in [6.07, 6.45) is 0. The fraction of sp³-hybridized carbons (Fsp3) is 0.167. The van der Waals surface area contributed by atoms with E-state index in [1.54, 1.807) is 67.8 Å². The maximum absolute atomic E-state index is 12.7. The minimum Gasteiger partial charge on any atom is -0.497 e. The zero-order valence-corrected chi connectivity index (χ0v) is 16.7. The second-order valence-corrected chi connectivity index (χ2v) is 6.96. The molecule has 0 saturated carbocycles. The third-order valence-corrected chi connectivity index (χ3v) is 4.61. The van der Waals surface area contributed by atoms with Crippen LogP contribution < -0.4 is 15.4 Å². The summed E-state index contributed by atoms with van der Waals surface area (Å²) < 4.78 is 5.12. The molecule has 0 spiro atoms. The molecule has 0 saturated heterocycles. The summed E-state index contributed by atoms with van der Waals surface area (Å²) in [5.74, 6) is 0.542. The third kappa shape index (κ3) is 5.02. The Morgan fingerprint density at radius 2 is 1.45 bits per heavy atom. The van der Waals surface area contributed by atoms with Gasteiger partial charge in [-0.3, -0.25) is 9.59 Å². The minimum absolute atomic E-state index is 0.259. The predicted molar refractivity (Wildman–Crippen MR) is 116 cm³/mol. The summed E-state index contributed by atoms with van der Waals surface area (Å²) in [4.78, 5) is 25.4. The quantitative estimate of drug-likeness (QED) is 0.600. The highest BCUT2D eigenvalue weighted by Crippen LogP contribution is 2.21. The Hall–Kier alpha value is -3.60. The monoisotopic (exact) mass is 388 g/mol. The van der Waals surface area contributed by atoms with E-state index in [0.717, 1.165) is 0 Å². The van der Waals surface area contributed by atoms with Gasteiger partial charge in [0.25, 0.3) is 11.8 Å². The van der Waals surface area contributed by atoms with Crippen LogP contribution in [0.25, 0.3) is 0 Å². The molecule has 2 amide bonds. The predicted octanol–water partition coefficient (Wildman–Crippen LogP) is 5.32.